The van der Waals surface area contributed by atoms with Gasteiger partial charge in [-0.05, 0) is 26.1 Å². The topological polar surface area (TPSA) is 20.3 Å². The monoisotopic (exact) mass is 155 g/mol. The van der Waals surface area contributed by atoms with E-state index in [1.807, 2.05) is 6.08 Å². The Morgan fingerprint density at radius 3 is 2.27 bits per heavy atom. The van der Waals surface area contributed by atoms with Crippen LogP contribution in [0.25, 0.3) is 0 Å². The normalized spacial score (nSPS) is 11.3. The molecular formula is C9H17NO. The van der Waals surface area contributed by atoms with Gasteiger partial charge in [0.05, 0.1) is 0 Å². The Kier molecular flexibility index (Phi) is 5.75. The van der Waals surface area contributed by atoms with E-state index in [2.05, 4.69) is 18.7 Å². The fraction of sp³-hybridized carbons (Fsp3) is 0.667. The van der Waals surface area contributed by atoms with Gasteiger partial charge in [-0.3, -0.25) is 4.79 Å². The second-order valence-corrected chi connectivity index (χ2v) is 2.50. The van der Waals surface area contributed by atoms with Crippen molar-refractivity contribution in [1.29, 1.82) is 0 Å². The third kappa shape index (κ3) is 5.80. The number of allylic oxidation sites excluding steroid dienone is 1. The van der Waals surface area contributed by atoms with Crippen molar-refractivity contribution in [3.8, 4) is 0 Å². The van der Waals surface area contributed by atoms with Crippen LogP contribution in [0.1, 0.15) is 20.8 Å². The molecule has 0 aromatic carbocycles. The van der Waals surface area contributed by atoms with Gasteiger partial charge in [-0.25, -0.2) is 0 Å². The molecule has 0 rings (SSSR count). The third-order valence-electron chi connectivity index (χ3n) is 1.61. The molecule has 11 heavy (non-hydrogen) atoms. The van der Waals surface area contributed by atoms with Crippen molar-refractivity contribution >= 4 is 5.78 Å². The zero-order chi connectivity index (χ0) is 8.69. The van der Waals surface area contributed by atoms with Crippen LogP contribution in [-0.4, -0.2) is 30.3 Å². The average Bonchev–Trinajstić information content (AvgIpc) is 1.98. The van der Waals surface area contributed by atoms with E-state index < -0.39 is 0 Å². The van der Waals surface area contributed by atoms with E-state index >= 15 is 0 Å². The standard InChI is InChI=1S/C9H17NO/c1-4-10(5-2)8-6-7-9(3)11/h6-7H,4-5,8H2,1-3H3/b7-6+. The maximum absolute atomic E-state index is 10.5. The minimum atomic E-state index is 0.122. The molecule has 0 atom stereocenters. The predicted octanol–water partition coefficient (Wildman–Crippen LogP) is 1.47. The minimum Gasteiger partial charge on any atom is -0.300 e. The number of hydrogen-bond acceptors (Lipinski definition) is 2. The van der Waals surface area contributed by atoms with E-state index in [-0.39, 0.29) is 5.78 Å². The Bertz CT molecular complexity index is 136. The van der Waals surface area contributed by atoms with E-state index in [0.717, 1.165) is 19.6 Å². The van der Waals surface area contributed by atoms with Crippen molar-refractivity contribution in [1.82, 2.24) is 4.90 Å². The molecule has 0 saturated carbocycles. The van der Waals surface area contributed by atoms with E-state index in [4.69, 9.17) is 0 Å². The third-order valence-corrected chi connectivity index (χ3v) is 1.61. The van der Waals surface area contributed by atoms with Crippen LogP contribution in [0.2, 0.25) is 0 Å². The molecule has 64 valence electrons. The second-order valence-electron chi connectivity index (χ2n) is 2.50. The molecule has 0 spiro atoms. The smallest absolute Gasteiger partial charge is 0.152 e. The quantitative estimate of drug-likeness (QED) is 0.560. The lowest BCUT2D eigenvalue weighted by Gasteiger charge is -2.14. The summed E-state index contributed by atoms with van der Waals surface area (Å²) in [7, 11) is 0. The average molecular weight is 155 g/mol. The van der Waals surface area contributed by atoms with Gasteiger partial charge < -0.3 is 4.90 Å². The first-order chi connectivity index (χ1) is 5.20. The first-order valence-corrected chi connectivity index (χ1v) is 4.10. The van der Waals surface area contributed by atoms with E-state index in [1.165, 1.54) is 0 Å². The summed E-state index contributed by atoms with van der Waals surface area (Å²) in [6.07, 6.45) is 3.54. The fourth-order valence-corrected chi connectivity index (χ4v) is 0.850. The van der Waals surface area contributed by atoms with Gasteiger partial charge in [0.25, 0.3) is 0 Å². The summed E-state index contributed by atoms with van der Waals surface area (Å²) in [5.74, 6) is 0.122. The highest BCUT2D eigenvalue weighted by Gasteiger charge is 1.93. The Morgan fingerprint density at radius 1 is 1.36 bits per heavy atom. The summed E-state index contributed by atoms with van der Waals surface area (Å²) in [4.78, 5) is 12.7. The molecular weight excluding hydrogens is 138 g/mol. The summed E-state index contributed by atoms with van der Waals surface area (Å²) in [6.45, 7) is 8.76. The maximum atomic E-state index is 10.5. The van der Waals surface area contributed by atoms with Crippen molar-refractivity contribution < 1.29 is 4.79 Å². The Labute approximate surface area is 68.9 Å². The van der Waals surface area contributed by atoms with Crippen molar-refractivity contribution in [3.63, 3.8) is 0 Å². The Morgan fingerprint density at radius 2 is 1.91 bits per heavy atom. The van der Waals surface area contributed by atoms with Crippen molar-refractivity contribution in [2.24, 2.45) is 0 Å². The lowest BCUT2D eigenvalue weighted by molar-refractivity contribution is -0.112. The largest absolute Gasteiger partial charge is 0.300 e. The molecule has 0 bridgehead atoms. The lowest BCUT2D eigenvalue weighted by Crippen LogP contribution is -2.22. The van der Waals surface area contributed by atoms with E-state index in [1.54, 1.807) is 13.0 Å². The molecule has 0 amide bonds. The van der Waals surface area contributed by atoms with Gasteiger partial charge in [-0.2, -0.15) is 0 Å². The molecule has 0 heterocycles. The fourth-order valence-electron chi connectivity index (χ4n) is 0.850. The lowest BCUT2D eigenvalue weighted by atomic mass is 10.3. The number of rotatable bonds is 5. The number of carbonyl (C=O) groups excluding carboxylic acids is 1. The molecule has 0 fully saturated rings. The van der Waals surface area contributed by atoms with Gasteiger partial charge in [0.1, 0.15) is 0 Å². The first-order valence-electron chi connectivity index (χ1n) is 4.10. The van der Waals surface area contributed by atoms with Crippen LogP contribution >= 0.6 is 0 Å². The van der Waals surface area contributed by atoms with Gasteiger partial charge in [-0.15, -0.1) is 0 Å². The Balaban J connectivity index is 3.57. The number of carbonyl (C=O) groups is 1. The number of nitrogens with zero attached hydrogens (tertiary/aromatic N) is 1. The molecule has 2 heteroatoms. The predicted molar refractivity (Wildman–Crippen MR) is 47.6 cm³/mol. The van der Waals surface area contributed by atoms with Gasteiger partial charge in [-0.1, -0.05) is 19.9 Å². The van der Waals surface area contributed by atoms with Crippen LogP contribution in [0.5, 0.6) is 0 Å². The highest BCUT2D eigenvalue weighted by atomic mass is 16.1. The zero-order valence-electron chi connectivity index (χ0n) is 7.63. The molecule has 0 aromatic heterocycles. The highest BCUT2D eigenvalue weighted by molar-refractivity contribution is 5.87. The molecule has 0 N–H and O–H groups in total. The van der Waals surface area contributed by atoms with Crippen LogP contribution in [0.3, 0.4) is 0 Å². The minimum absolute atomic E-state index is 0.122. The van der Waals surface area contributed by atoms with Crippen LogP contribution in [0.4, 0.5) is 0 Å². The number of ketones is 1. The van der Waals surface area contributed by atoms with Crippen LogP contribution in [-0.2, 0) is 4.79 Å². The molecule has 0 aliphatic heterocycles. The van der Waals surface area contributed by atoms with E-state index in [0.29, 0.717) is 0 Å². The van der Waals surface area contributed by atoms with Crippen LogP contribution in [0.15, 0.2) is 12.2 Å². The molecule has 0 aliphatic rings. The maximum Gasteiger partial charge on any atom is 0.152 e. The van der Waals surface area contributed by atoms with Crippen molar-refractivity contribution in [2.75, 3.05) is 19.6 Å². The molecule has 0 aliphatic carbocycles. The number of likely N-dealkylation sites (N-methyl/N-ethyl adjacent to an activating group) is 1. The molecule has 0 aromatic rings. The molecule has 0 unspecified atom stereocenters. The first kappa shape index (κ1) is 10.4. The van der Waals surface area contributed by atoms with Gasteiger partial charge >= 0.3 is 0 Å². The summed E-state index contributed by atoms with van der Waals surface area (Å²) in [6, 6.07) is 0. The summed E-state index contributed by atoms with van der Waals surface area (Å²) >= 11 is 0. The van der Waals surface area contributed by atoms with E-state index in [9.17, 15) is 4.79 Å². The second kappa shape index (κ2) is 6.10. The zero-order valence-corrected chi connectivity index (χ0v) is 7.63. The van der Waals surface area contributed by atoms with Crippen LogP contribution in [0, 0.1) is 0 Å². The SMILES string of the molecule is CCN(CC)C/C=C/C(C)=O. The molecule has 2 nitrogen and oxygen atoms in total. The summed E-state index contributed by atoms with van der Waals surface area (Å²) in [5, 5.41) is 0. The summed E-state index contributed by atoms with van der Waals surface area (Å²) < 4.78 is 0. The van der Waals surface area contributed by atoms with Gasteiger partial charge in [0.2, 0.25) is 0 Å². The van der Waals surface area contributed by atoms with Crippen LogP contribution < -0.4 is 0 Å². The summed E-state index contributed by atoms with van der Waals surface area (Å²) in [5.41, 5.74) is 0. The molecule has 0 radical (unpaired) electrons. The highest BCUT2D eigenvalue weighted by Crippen LogP contribution is 1.87. The molecule has 0 saturated heterocycles. The number of hydrogen-bond donors (Lipinski definition) is 0. The van der Waals surface area contributed by atoms with Gasteiger partial charge in [0.15, 0.2) is 5.78 Å². The Hall–Kier alpha value is -0.630. The van der Waals surface area contributed by atoms with Crippen molar-refractivity contribution in [3.05, 3.63) is 12.2 Å². The van der Waals surface area contributed by atoms with Crippen molar-refractivity contribution in [2.45, 2.75) is 20.8 Å². The van der Waals surface area contributed by atoms with Gasteiger partial charge in [0, 0.05) is 6.54 Å².